The zero-order valence-corrected chi connectivity index (χ0v) is 25.9. The molecule has 6 aliphatic heterocycles. The molecule has 6 aliphatic rings. The van der Waals surface area contributed by atoms with Gasteiger partial charge in [0.15, 0.2) is 0 Å². The smallest absolute Gasteiger partial charge is 0.192 e. The van der Waals surface area contributed by atoms with E-state index >= 15 is 13.2 Å². The molecule has 1 spiro atoms. The van der Waals surface area contributed by atoms with E-state index < -0.39 is 61.2 Å². The highest BCUT2D eigenvalue weighted by molar-refractivity contribution is 8.45. The number of amidine groups is 4. The molecule has 0 unspecified atom stereocenters. The third-order valence-corrected chi connectivity index (χ3v) is 11.4. The Morgan fingerprint density at radius 3 is 1.57 bits per heavy atom. The Hall–Kier alpha value is -5.97. The van der Waals surface area contributed by atoms with Gasteiger partial charge >= 0.3 is 22.3 Å². The molecule has 0 fully saturated rings. The maximum Gasteiger partial charge on any atom is 0.417 e. The van der Waals surface area contributed by atoms with E-state index in [-0.39, 0.29) is 17.7 Å². The summed E-state index contributed by atoms with van der Waals surface area (Å²) in [5.41, 5.74) is 1.07. The standard InChI is InChI=1S/C34H14F8N8S/c35-33(36,37)23-14-15(51(38,39,40,41)42)13-22-24(23)32-46-30-21-12-6-5-11-20(21)28-44-26-17-8-2-1-7-16(17)25-43-27-18-9-3-4-10-19(18)29-45-31(22)50(32)34(47(25)26,48(27)29)49(28)30/h1-14H/q+2/t34-/m0/s1. The van der Waals surface area contributed by atoms with Gasteiger partial charge in [-0.05, 0) is 48.5 Å². The third-order valence-electron chi connectivity index (χ3n) is 10.3. The van der Waals surface area contributed by atoms with Crippen molar-refractivity contribution >= 4 is 66.7 Å². The van der Waals surface area contributed by atoms with E-state index in [4.69, 9.17) is 20.0 Å². The normalized spacial score (nSPS) is 21.3. The fraction of sp³-hybridized carbons (Fsp3) is 0.0588. The summed E-state index contributed by atoms with van der Waals surface area (Å²) >= 11 is 0. The van der Waals surface area contributed by atoms with Crippen LogP contribution in [0, 0.1) is 0 Å². The molecule has 2 aromatic heterocycles. The topological polar surface area (TPSA) is 65.3 Å². The first-order valence-electron chi connectivity index (χ1n) is 15.4. The molecular weight excluding hydrogens is 704 g/mol. The van der Waals surface area contributed by atoms with Crippen molar-refractivity contribution in [2.24, 2.45) is 20.0 Å². The van der Waals surface area contributed by atoms with Crippen molar-refractivity contribution in [1.82, 2.24) is 9.13 Å². The Morgan fingerprint density at radius 2 is 1.06 bits per heavy atom. The molecule has 17 heteroatoms. The Balaban J connectivity index is 1.41. The Kier molecular flexibility index (Phi) is 4.03. The van der Waals surface area contributed by atoms with Crippen LogP contribution < -0.4 is 11.0 Å². The highest BCUT2D eigenvalue weighted by Crippen LogP contribution is 3.02. The quantitative estimate of drug-likeness (QED) is 0.126. The maximum absolute atomic E-state index is 15.0. The van der Waals surface area contributed by atoms with E-state index in [1.165, 1.54) is 4.57 Å². The van der Waals surface area contributed by atoms with Gasteiger partial charge in [-0.25, -0.2) is 0 Å². The summed E-state index contributed by atoms with van der Waals surface area (Å²) in [7, 11) is -10.7. The molecule has 8 heterocycles. The van der Waals surface area contributed by atoms with Crippen LogP contribution in [-0.4, -0.2) is 41.6 Å². The number of aliphatic imine (C=N–C) groups is 2. The van der Waals surface area contributed by atoms with E-state index in [1.807, 2.05) is 12.1 Å². The van der Waals surface area contributed by atoms with Crippen LogP contribution in [0.5, 0.6) is 0 Å². The molecule has 0 amide bonds. The van der Waals surface area contributed by atoms with Crippen LogP contribution in [0.3, 0.4) is 0 Å². The number of fused-ring (bicyclic) bond motifs is 12. The second-order valence-electron chi connectivity index (χ2n) is 13.0. The van der Waals surface area contributed by atoms with Crippen LogP contribution in [0.4, 0.5) is 44.2 Å². The summed E-state index contributed by atoms with van der Waals surface area (Å²) in [6.45, 7) is 0. The first-order valence-corrected chi connectivity index (χ1v) is 17.4. The van der Waals surface area contributed by atoms with Crippen molar-refractivity contribution in [3.8, 4) is 0 Å². The number of nitrogens with zero attached hydrogens (tertiary/aromatic N) is 8. The predicted octanol–water partition coefficient (Wildman–Crippen LogP) is 7.38. The minimum Gasteiger partial charge on any atom is -0.192 e. The molecule has 0 aliphatic carbocycles. The van der Waals surface area contributed by atoms with E-state index in [9.17, 15) is 19.4 Å². The van der Waals surface area contributed by atoms with Gasteiger partial charge in [0.05, 0.1) is 33.2 Å². The molecule has 0 radical (unpaired) electrons. The highest BCUT2D eigenvalue weighted by Gasteiger charge is 2.71. The van der Waals surface area contributed by atoms with E-state index in [2.05, 4.69) is 0 Å². The number of hydrogen-bond acceptors (Lipinski definition) is 4. The van der Waals surface area contributed by atoms with Gasteiger partial charge in [-0.3, -0.25) is 0 Å². The molecule has 250 valence electrons. The lowest BCUT2D eigenvalue weighted by Crippen LogP contribution is -2.71. The summed E-state index contributed by atoms with van der Waals surface area (Å²) in [6, 6.07) is 20.9. The van der Waals surface area contributed by atoms with Crippen LogP contribution in [0.1, 0.15) is 27.8 Å². The Labute approximate surface area is 278 Å². The lowest BCUT2D eigenvalue weighted by atomic mass is 10.1. The Bertz CT molecular complexity index is 3060. The number of hydrogen-bond donors (Lipinski definition) is 0. The van der Waals surface area contributed by atoms with Crippen LogP contribution in [0.15, 0.2) is 110 Å². The fourth-order valence-corrected chi connectivity index (χ4v) is 9.15. The van der Waals surface area contributed by atoms with Crippen molar-refractivity contribution < 1.29 is 41.8 Å². The van der Waals surface area contributed by atoms with Gasteiger partial charge < -0.3 is 0 Å². The van der Waals surface area contributed by atoms with Crippen molar-refractivity contribution in [3.05, 3.63) is 124 Å². The highest BCUT2D eigenvalue weighted by atomic mass is 32.5. The van der Waals surface area contributed by atoms with Crippen LogP contribution in [0.2, 0.25) is 0 Å². The Morgan fingerprint density at radius 1 is 0.569 bits per heavy atom. The molecule has 6 aromatic rings. The molecule has 0 N–H and O–H groups in total. The lowest BCUT2D eigenvalue weighted by molar-refractivity contribution is -0.790. The average molecular weight is 719 g/mol. The fourth-order valence-electron chi connectivity index (χ4n) is 8.47. The van der Waals surface area contributed by atoms with Crippen molar-refractivity contribution in [1.29, 1.82) is 0 Å². The number of alkyl halides is 3. The van der Waals surface area contributed by atoms with Crippen molar-refractivity contribution in [2.75, 3.05) is 0 Å². The van der Waals surface area contributed by atoms with E-state index in [0.717, 1.165) is 0 Å². The van der Waals surface area contributed by atoms with E-state index in [1.54, 1.807) is 74.4 Å². The van der Waals surface area contributed by atoms with Crippen molar-refractivity contribution in [2.45, 2.75) is 17.0 Å². The van der Waals surface area contributed by atoms with Crippen LogP contribution >= 0.6 is 10.2 Å². The van der Waals surface area contributed by atoms with Gasteiger partial charge in [0.2, 0.25) is 22.6 Å². The minimum atomic E-state index is -10.7. The van der Waals surface area contributed by atoms with Gasteiger partial charge in [-0.15, -0.1) is 9.15 Å². The summed E-state index contributed by atoms with van der Waals surface area (Å²) < 4.78 is 124. The van der Waals surface area contributed by atoms with Gasteiger partial charge in [0.1, 0.15) is 4.90 Å². The minimum absolute atomic E-state index is 0.0763. The number of rotatable bonds is 1. The van der Waals surface area contributed by atoms with E-state index in [0.29, 0.717) is 55.7 Å². The molecule has 8 nitrogen and oxygen atoms in total. The lowest BCUT2D eigenvalue weighted by Gasteiger charge is -2.40. The van der Waals surface area contributed by atoms with Gasteiger partial charge in [-0.1, -0.05) is 75.8 Å². The van der Waals surface area contributed by atoms with Crippen LogP contribution in [0.25, 0.3) is 21.5 Å². The number of halogens is 8. The third kappa shape index (κ3) is 2.93. The first kappa shape index (κ1) is 27.8. The van der Waals surface area contributed by atoms with Gasteiger partial charge in [0, 0.05) is 16.2 Å². The second-order valence-corrected chi connectivity index (χ2v) is 15.4. The SMILES string of the molecule is FC(F)(F)c1cc(S(F)(F)(F)(F)F)cc2c3n4c(c12)N=C1c2ccccc2C2=[N+]1[C@@]41n4c(c5ccccc5c4=N2)=NC2=[N+]1C(=N3)c1ccccc12. The van der Waals surface area contributed by atoms with Gasteiger partial charge in [0.25, 0.3) is 23.3 Å². The molecule has 0 saturated carbocycles. The first-order chi connectivity index (χ1) is 24.1. The summed E-state index contributed by atoms with van der Waals surface area (Å²) in [4.78, 5) is 17.1. The average Bonchev–Trinajstić information content (AvgIpc) is 3.79. The monoisotopic (exact) mass is 718 g/mol. The zero-order chi connectivity index (χ0) is 34.8. The molecule has 51 heavy (non-hydrogen) atoms. The summed E-state index contributed by atoms with van der Waals surface area (Å²) in [5, 5.41) is -0.255. The molecular formula is C34H14F8N8S+2. The van der Waals surface area contributed by atoms with Gasteiger partial charge in [-0.2, -0.15) is 22.3 Å². The predicted molar refractivity (Wildman–Crippen MR) is 170 cm³/mol. The summed E-state index contributed by atoms with van der Waals surface area (Å²) in [6.07, 6.45) is -5.50. The van der Waals surface area contributed by atoms with Crippen molar-refractivity contribution in [3.63, 3.8) is 0 Å². The zero-order valence-electron chi connectivity index (χ0n) is 25.1. The molecule has 4 aromatic carbocycles. The van der Waals surface area contributed by atoms with Crippen LogP contribution in [-0.2, 0) is 12.1 Å². The second kappa shape index (κ2) is 7.39. The number of benzene rings is 4. The molecule has 12 rings (SSSR count). The number of aromatic nitrogens is 2. The molecule has 0 bridgehead atoms. The maximum atomic E-state index is 15.0. The summed E-state index contributed by atoms with van der Waals surface area (Å²) in [5.74, 6) is -1.56. The molecule has 1 atom stereocenters. The molecule has 0 saturated heterocycles. The largest absolute Gasteiger partial charge is 0.417 e.